The number of H-pyrrole nitrogens is 1. The fraction of sp³-hybridized carbons (Fsp3) is 0.0909. The van der Waals surface area contributed by atoms with Crippen molar-refractivity contribution in [3.63, 3.8) is 0 Å². The Morgan fingerprint density at radius 3 is 2.76 bits per heavy atom. The molecule has 0 radical (unpaired) electrons. The van der Waals surface area contributed by atoms with Crippen molar-refractivity contribution in [2.24, 2.45) is 0 Å². The Hall–Kier alpha value is -2.50. The molecule has 1 aromatic heterocycles. The number of nitrogens with two attached hydrogens (primary N) is 1. The topological polar surface area (TPSA) is 105 Å². The molecule has 2 rings (SSSR count). The molecule has 4 N–H and O–H groups in total. The summed E-state index contributed by atoms with van der Waals surface area (Å²) < 4.78 is 5.06. The van der Waals surface area contributed by atoms with Gasteiger partial charge in [-0.2, -0.15) is 0 Å². The number of aromatic nitrogens is 1. The largest absolute Gasteiger partial charge is 0.495 e. The minimum absolute atomic E-state index is 0.350. The van der Waals surface area contributed by atoms with Crippen molar-refractivity contribution >= 4 is 22.6 Å². The molecular weight excluding hydrogens is 224 g/mol. The summed E-state index contributed by atoms with van der Waals surface area (Å²) in [6.45, 7) is 0. The van der Waals surface area contributed by atoms with E-state index >= 15 is 0 Å². The van der Waals surface area contributed by atoms with E-state index in [1.807, 2.05) is 0 Å². The Bertz CT molecular complexity index is 660. The first kappa shape index (κ1) is 11.0. The van der Waals surface area contributed by atoms with E-state index in [4.69, 9.17) is 15.6 Å². The summed E-state index contributed by atoms with van der Waals surface area (Å²) in [5, 5.41) is 9.30. The second-order valence-corrected chi connectivity index (χ2v) is 3.46. The van der Waals surface area contributed by atoms with Crippen LogP contribution in [0.2, 0.25) is 0 Å². The van der Waals surface area contributed by atoms with E-state index in [-0.39, 0.29) is 5.56 Å². The Kier molecular flexibility index (Phi) is 2.47. The second kappa shape index (κ2) is 3.82. The number of hydrogen-bond donors (Lipinski definition) is 3. The van der Waals surface area contributed by atoms with Crippen LogP contribution in [0.4, 0.5) is 5.69 Å². The number of ether oxygens (including phenoxy) is 1. The highest BCUT2D eigenvalue weighted by molar-refractivity contribution is 5.99. The van der Waals surface area contributed by atoms with Gasteiger partial charge in [0.1, 0.15) is 11.3 Å². The smallest absolute Gasteiger partial charge is 0.341 e. The molecule has 88 valence electrons. The SMILES string of the molecule is COc1ccc(N)c2cc(C(=O)O)c(=O)[nH]c12. The van der Waals surface area contributed by atoms with Gasteiger partial charge in [-0.3, -0.25) is 4.79 Å². The molecule has 0 aliphatic carbocycles. The van der Waals surface area contributed by atoms with Gasteiger partial charge in [-0.15, -0.1) is 0 Å². The Balaban J connectivity index is 2.91. The lowest BCUT2D eigenvalue weighted by Crippen LogP contribution is -2.17. The average molecular weight is 234 g/mol. The molecule has 6 heteroatoms. The molecule has 0 fully saturated rings. The number of aromatic carboxylic acids is 1. The third kappa shape index (κ3) is 1.69. The number of benzene rings is 1. The lowest BCUT2D eigenvalue weighted by molar-refractivity contribution is 0.0695. The summed E-state index contributed by atoms with van der Waals surface area (Å²) in [7, 11) is 1.45. The molecule has 0 spiro atoms. The zero-order valence-corrected chi connectivity index (χ0v) is 8.98. The zero-order chi connectivity index (χ0) is 12.6. The first-order valence-electron chi connectivity index (χ1n) is 4.77. The predicted molar refractivity (Wildman–Crippen MR) is 62.5 cm³/mol. The molecule has 0 amide bonds. The standard InChI is InChI=1S/C11H10N2O4/c1-17-8-3-2-7(12)5-4-6(11(15)16)10(14)13-9(5)8/h2-4H,12H2,1H3,(H,13,14)(H,15,16). The monoisotopic (exact) mass is 234 g/mol. The number of rotatable bonds is 2. The van der Waals surface area contributed by atoms with Gasteiger partial charge in [0.05, 0.1) is 12.6 Å². The van der Waals surface area contributed by atoms with E-state index in [1.54, 1.807) is 12.1 Å². The van der Waals surface area contributed by atoms with E-state index in [9.17, 15) is 9.59 Å². The first-order chi connectivity index (χ1) is 8.04. The van der Waals surface area contributed by atoms with Gasteiger partial charge in [0.2, 0.25) is 0 Å². The van der Waals surface area contributed by atoms with Crippen molar-refractivity contribution in [2.45, 2.75) is 0 Å². The number of nitrogen functional groups attached to an aromatic ring is 1. The molecule has 1 heterocycles. The van der Waals surface area contributed by atoms with Crippen LogP contribution in [0.5, 0.6) is 5.75 Å². The number of fused-ring (bicyclic) bond motifs is 1. The summed E-state index contributed by atoms with van der Waals surface area (Å²) in [6.07, 6.45) is 0. The van der Waals surface area contributed by atoms with Crippen molar-refractivity contribution in [3.05, 3.63) is 34.1 Å². The number of hydrogen-bond acceptors (Lipinski definition) is 4. The highest BCUT2D eigenvalue weighted by Gasteiger charge is 2.13. The lowest BCUT2D eigenvalue weighted by Gasteiger charge is -2.07. The average Bonchev–Trinajstić information content (AvgIpc) is 2.28. The lowest BCUT2D eigenvalue weighted by atomic mass is 10.1. The minimum Gasteiger partial charge on any atom is -0.495 e. The number of anilines is 1. The second-order valence-electron chi connectivity index (χ2n) is 3.46. The van der Waals surface area contributed by atoms with Crippen molar-refractivity contribution < 1.29 is 14.6 Å². The van der Waals surface area contributed by atoms with Crippen LogP contribution in [0.15, 0.2) is 23.0 Å². The van der Waals surface area contributed by atoms with Crippen LogP contribution in [0.1, 0.15) is 10.4 Å². The Morgan fingerprint density at radius 1 is 1.47 bits per heavy atom. The van der Waals surface area contributed by atoms with Crippen LogP contribution in [-0.2, 0) is 0 Å². The Morgan fingerprint density at radius 2 is 2.18 bits per heavy atom. The molecule has 0 saturated heterocycles. The van der Waals surface area contributed by atoms with Crippen LogP contribution >= 0.6 is 0 Å². The van der Waals surface area contributed by atoms with Gasteiger partial charge in [0.15, 0.2) is 0 Å². The van der Waals surface area contributed by atoms with Crippen LogP contribution in [-0.4, -0.2) is 23.2 Å². The fourth-order valence-electron chi connectivity index (χ4n) is 1.62. The molecule has 0 aliphatic heterocycles. The molecule has 0 saturated carbocycles. The van der Waals surface area contributed by atoms with E-state index in [0.717, 1.165) is 0 Å². The summed E-state index contributed by atoms with van der Waals surface area (Å²) in [5.41, 5.74) is 5.46. The summed E-state index contributed by atoms with van der Waals surface area (Å²) in [5.74, 6) is -0.862. The van der Waals surface area contributed by atoms with Gasteiger partial charge in [-0.25, -0.2) is 4.79 Å². The number of carbonyl (C=O) groups is 1. The van der Waals surface area contributed by atoms with E-state index < -0.39 is 11.5 Å². The molecule has 0 atom stereocenters. The molecular formula is C11H10N2O4. The molecule has 2 aromatic rings. The Labute approximate surface area is 95.6 Å². The zero-order valence-electron chi connectivity index (χ0n) is 8.98. The first-order valence-corrected chi connectivity index (χ1v) is 4.77. The van der Waals surface area contributed by atoms with E-state index in [2.05, 4.69) is 4.98 Å². The van der Waals surface area contributed by atoms with Crippen molar-refractivity contribution in [3.8, 4) is 5.75 Å². The molecule has 6 nitrogen and oxygen atoms in total. The van der Waals surface area contributed by atoms with Gasteiger partial charge in [0.25, 0.3) is 5.56 Å². The minimum atomic E-state index is -1.30. The normalized spacial score (nSPS) is 10.4. The number of carboxylic acids is 1. The van der Waals surface area contributed by atoms with Crippen LogP contribution in [0.25, 0.3) is 10.9 Å². The fourth-order valence-corrected chi connectivity index (χ4v) is 1.62. The maximum atomic E-state index is 11.5. The highest BCUT2D eigenvalue weighted by Crippen LogP contribution is 2.27. The van der Waals surface area contributed by atoms with Gasteiger partial charge in [-0.05, 0) is 18.2 Å². The molecule has 1 aromatic carbocycles. The van der Waals surface area contributed by atoms with Gasteiger partial charge >= 0.3 is 5.97 Å². The van der Waals surface area contributed by atoms with Gasteiger partial charge in [-0.1, -0.05) is 0 Å². The maximum absolute atomic E-state index is 11.5. The van der Waals surface area contributed by atoms with E-state index in [0.29, 0.717) is 22.3 Å². The van der Waals surface area contributed by atoms with Crippen LogP contribution < -0.4 is 16.0 Å². The summed E-state index contributed by atoms with van der Waals surface area (Å²) in [6, 6.07) is 4.44. The quantitative estimate of drug-likeness (QED) is 0.667. The van der Waals surface area contributed by atoms with Crippen molar-refractivity contribution in [1.29, 1.82) is 0 Å². The van der Waals surface area contributed by atoms with Gasteiger partial charge < -0.3 is 20.6 Å². The maximum Gasteiger partial charge on any atom is 0.341 e. The van der Waals surface area contributed by atoms with E-state index in [1.165, 1.54) is 13.2 Å². The summed E-state index contributed by atoms with van der Waals surface area (Å²) in [4.78, 5) is 24.8. The van der Waals surface area contributed by atoms with Crippen molar-refractivity contribution in [1.82, 2.24) is 4.98 Å². The third-order valence-electron chi connectivity index (χ3n) is 2.46. The number of nitrogens with one attached hydrogen (secondary N) is 1. The van der Waals surface area contributed by atoms with Gasteiger partial charge in [0, 0.05) is 11.1 Å². The number of carboxylic acid groups (broad SMARTS) is 1. The number of methoxy groups -OCH3 is 1. The number of aromatic amines is 1. The predicted octanol–water partition coefficient (Wildman–Crippen LogP) is 0.817. The molecule has 0 unspecified atom stereocenters. The molecule has 0 bridgehead atoms. The highest BCUT2D eigenvalue weighted by atomic mass is 16.5. The van der Waals surface area contributed by atoms with Crippen LogP contribution in [0.3, 0.4) is 0 Å². The molecule has 0 aliphatic rings. The molecule has 17 heavy (non-hydrogen) atoms. The third-order valence-corrected chi connectivity index (χ3v) is 2.46. The number of pyridine rings is 1. The summed E-state index contributed by atoms with van der Waals surface area (Å²) >= 11 is 0. The van der Waals surface area contributed by atoms with Crippen molar-refractivity contribution in [2.75, 3.05) is 12.8 Å². The van der Waals surface area contributed by atoms with Crippen LogP contribution in [0, 0.1) is 0 Å².